The Balaban J connectivity index is 1.65. The van der Waals surface area contributed by atoms with Gasteiger partial charge in [-0.25, -0.2) is 9.97 Å². The third kappa shape index (κ3) is 2.76. The van der Waals surface area contributed by atoms with Gasteiger partial charge in [0.15, 0.2) is 5.65 Å². The molecule has 0 amide bonds. The van der Waals surface area contributed by atoms with Crippen LogP contribution in [-0.4, -0.2) is 19.5 Å². The van der Waals surface area contributed by atoms with Crippen LogP contribution in [0.2, 0.25) is 0 Å². The highest BCUT2D eigenvalue weighted by Gasteiger charge is 2.07. The van der Waals surface area contributed by atoms with E-state index in [0.717, 1.165) is 16.9 Å². The molecule has 0 aliphatic heterocycles. The lowest BCUT2D eigenvalue weighted by atomic mass is 10.2. The average Bonchev–Trinajstić information content (AvgIpc) is 3.05. The molecule has 5 heteroatoms. The maximum absolute atomic E-state index is 4.63. The number of anilines is 1. The van der Waals surface area contributed by atoms with Gasteiger partial charge in [0.25, 0.3) is 0 Å². The van der Waals surface area contributed by atoms with Crippen LogP contribution in [0.15, 0.2) is 73.2 Å². The van der Waals surface area contributed by atoms with Gasteiger partial charge in [0.1, 0.15) is 5.82 Å². The third-order valence-corrected chi connectivity index (χ3v) is 3.62. The average molecular weight is 301 g/mol. The fraction of sp³-hybridized carbons (Fsp3) is 0.0556. The molecule has 3 heterocycles. The number of rotatable bonds is 4. The molecule has 1 aromatic carbocycles. The highest BCUT2D eigenvalue weighted by atomic mass is 15.2. The molecule has 4 rings (SSSR count). The zero-order valence-electron chi connectivity index (χ0n) is 12.4. The summed E-state index contributed by atoms with van der Waals surface area (Å²) in [5, 5.41) is 4.25. The number of aromatic nitrogens is 4. The Labute approximate surface area is 133 Å². The van der Waals surface area contributed by atoms with E-state index in [2.05, 4.69) is 32.4 Å². The van der Waals surface area contributed by atoms with Crippen LogP contribution in [0, 0.1) is 0 Å². The van der Waals surface area contributed by atoms with Crippen molar-refractivity contribution >= 4 is 17.0 Å². The van der Waals surface area contributed by atoms with Gasteiger partial charge in [0.2, 0.25) is 5.95 Å². The summed E-state index contributed by atoms with van der Waals surface area (Å²) < 4.78 is 1.96. The summed E-state index contributed by atoms with van der Waals surface area (Å²) in [7, 11) is 0. The SMILES string of the molecule is c1ccc(CNc2ncc3ccn(-c4ccccn4)c3n2)cc1. The third-order valence-electron chi connectivity index (χ3n) is 3.62. The van der Waals surface area contributed by atoms with Gasteiger partial charge >= 0.3 is 0 Å². The molecule has 0 saturated heterocycles. The van der Waals surface area contributed by atoms with Crippen molar-refractivity contribution in [3.05, 3.63) is 78.8 Å². The van der Waals surface area contributed by atoms with Crippen molar-refractivity contribution in [1.82, 2.24) is 19.5 Å². The van der Waals surface area contributed by atoms with Crippen molar-refractivity contribution in [3.8, 4) is 5.82 Å². The molecule has 5 nitrogen and oxygen atoms in total. The van der Waals surface area contributed by atoms with E-state index in [0.29, 0.717) is 12.5 Å². The van der Waals surface area contributed by atoms with Crippen LogP contribution in [0.1, 0.15) is 5.56 Å². The normalized spacial score (nSPS) is 10.8. The van der Waals surface area contributed by atoms with Crippen molar-refractivity contribution in [3.63, 3.8) is 0 Å². The van der Waals surface area contributed by atoms with Gasteiger partial charge in [-0.15, -0.1) is 0 Å². The zero-order chi connectivity index (χ0) is 15.5. The van der Waals surface area contributed by atoms with Gasteiger partial charge in [0.05, 0.1) is 0 Å². The Morgan fingerprint density at radius 1 is 0.913 bits per heavy atom. The zero-order valence-corrected chi connectivity index (χ0v) is 12.4. The Morgan fingerprint density at radius 3 is 2.61 bits per heavy atom. The highest BCUT2D eigenvalue weighted by Crippen LogP contribution is 2.18. The van der Waals surface area contributed by atoms with E-state index in [-0.39, 0.29) is 0 Å². The van der Waals surface area contributed by atoms with E-state index >= 15 is 0 Å². The number of hydrogen-bond acceptors (Lipinski definition) is 4. The topological polar surface area (TPSA) is 55.6 Å². The first-order valence-corrected chi connectivity index (χ1v) is 7.43. The molecular weight excluding hydrogens is 286 g/mol. The van der Waals surface area contributed by atoms with Crippen LogP contribution in [0.25, 0.3) is 16.9 Å². The summed E-state index contributed by atoms with van der Waals surface area (Å²) in [6.45, 7) is 0.691. The number of benzene rings is 1. The first-order valence-electron chi connectivity index (χ1n) is 7.43. The molecule has 0 atom stereocenters. The second-order valence-electron chi connectivity index (χ2n) is 5.19. The van der Waals surface area contributed by atoms with Crippen molar-refractivity contribution in [2.24, 2.45) is 0 Å². The summed E-state index contributed by atoms with van der Waals surface area (Å²) in [5.41, 5.74) is 2.03. The lowest BCUT2D eigenvalue weighted by molar-refractivity contribution is 1.00. The maximum Gasteiger partial charge on any atom is 0.224 e. The summed E-state index contributed by atoms with van der Waals surface area (Å²) in [4.78, 5) is 13.4. The van der Waals surface area contributed by atoms with E-state index in [1.807, 2.05) is 59.4 Å². The van der Waals surface area contributed by atoms with Gasteiger partial charge in [-0.3, -0.25) is 4.57 Å². The Bertz CT molecular complexity index is 916. The van der Waals surface area contributed by atoms with Gasteiger partial charge in [-0.1, -0.05) is 36.4 Å². The molecule has 23 heavy (non-hydrogen) atoms. The molecule has 0 unspecified atom stereocenters. The summed E-state index contributed by atoms with van der Waals surface area (Å²) >= 11 is 0. The van der Waals surface area contributed by atoms with E-state index in [9.17, 15) is 0 Å². The van der Waals surface area contributed by atoms with Gasteiger partial charge in [-0.2, -0.15) is 4.98 Å². The quantitative estimate of drug-likeness (QED) is 0.627. The minimum Gasteiger partial charge on any atom is -0.350 e. The Hall–Kier alpha value is -3.21. The molecule has 0 bridgehead atoms. The Kier molecular flexibility index (Phi) is 3.44. The summed E-state index contributed by atoms with van der Waals surface area (Å²) in [6, 6.07) is 18.0. The number of nitrogens with zero attached hydrogens (tertiary/aromatic N) is 4. The molecule has 112 valence electrons. The van der Waals surface area contributed by atoms with Crippen molar-refractivity contribution in [1.29, 1.82) is 0 Å². The van der Waals surface area contributed by atoms with Crippen LogP contribution >= 0.6 is 0 Å². The molecule has 3 aromatic heterocycles. The largest absolute Gasteiger partial charge is 0.350 e. The van der Waals surface area contributed by atoms with Crippen LogP contribution in [0.3, 0.4) is 0 Å². The predicted molar refractivity (Wildman–Crippen MR) is 90.4 cm³/mol. The predicted octanol–water partition coefficient (Wildman–Crippen LogP) is 3.43. The van der Waals surface area contributed by atoms with Gasteiger partial charge in [-0.05, 0) is 23.8 Å². The molecule has 0 aliphatic carbocycles. The van der Waals surface area contributed by atoms with Crippen molar-refractivity contribution in [2.45, 2.75) is 6.54 Å². The van der Waals surface area contributed by atoms with E-state index in [4.69, 9.17) is 0 Å². The highest BCUT2D eigenvalue weighted by molar-refractivity contribution is 5.77. The number of pyridine rings is 1. The lowest BCUT2D eigenvalue weighted by Crippen LogP contribution is -2.04. The molecule has 0 saturated carbocycles. The molecule has 1 N–H and O–H groups in total. The number of nitrogens with one attached hydrogen (secondary N) is 1. The standard InChI is InChI=1S/C18H15N5/c1-2-6-14(7-3-1)12-20-18-21-13-15-9-11-23(17(15)22-18)16-8-4-5-10-19-16/h1-11,13H,12H2,(H,20,21,22). The fourth-order valence-electron chi connectivity index (χ4n) is 2.46. The smallest absolute Gasteiger partial charge is 0.224 e. The second-order valence-corrected chi connectivity index (χ2v) is 5.19. The molecule has 0 spiro atoms. The maximum atomic E-state index is 4.63. The molecule has 0 aliphatic rings. The minimum atomic E-state index is 0.609. The molecular formula is C18H15N5. The lowest BCUT2D eigenvalue weighted by Gasteiger charge is -2.07. The minimum absolute atomic E-state index is 0.609. The number of fused-ring (bicyclic) bond motifs is 1. The molecule has 0 fully saturated rings. The van der Waals surface area contributed by atoms with Crippen LogP contribution < -0.4 is 5.32 Å². The first kappa shape index (κ1) is 13.5. The number of hydrogen-bond donors (Lipinski definition) is 1. The molecule has 4 aromatic rings. The van der Waals surface area contributed by atoms with Crippen LogP contribution in [0.4, 0.5) is 5.95 Å². The second kappa shape index (κ2) is 5.88. The van der Waals surface area contributed by atoms with E-state index in [1.165, 1.54) is 5.56 Å². The van der Waals surface area contributed by atoms with Crippen molar-refractivity contribution < 1.29 is 0 Å². The summed E-state index contributed by atoms with van der Waals surface area (Å²) in [6.07, 6.45) is 5.56. The van der Waals surface area contributed by atoms with Gasteiger partial charge < -0.3 is 5.32 Å². The van der Waals surface area contributed by atoms with E-state index < -0.39 is 0 Å². The van der Waals surface area contributed by atoms with E-state index in [1.54, 1.807) is 6.20 Å². The molecule has 0 radical (unpaired) electrons. The van der Waals surface area contributed by atoms with Crippen LogP contribution in [-0.2, 0) is 6.54 Å². The summed E-state index contributed by atoms with van der Waals surface area (Å²) in [5.74, 6) is 1.45. The van der Waals surface area contributed by atoms with Crippen molar-refractivity contribution in [2.75, 3.05) is 5.32 Å². The monoisotopic (exact) mass is 301 g/mol. The first-order chi connectivity index (χ1) is 11.4. The Morgan fingerprint density at radius 2 is 1.78 bits per heavy atom. The fourth-order valence-corrected chi connectivity index (χ4v) is 2.46. The van der Waals surface area contributed by atoms with Gasteiger partial charge in [0, 0.05) is 30.5 Å². The van der Waals surface area contributed by atoms with Crippen LogP contribution in [0.5, 0.6) is 0 Å².